The summed E-state index contributed by atoms with van der Waals surface area (Å²) in [5, 5.41) is 7.59. The number of carbonyl (C=O) groups excluding carboxylic acids is 1. The van der Waals surface area contributed by atoms with Gasteiger partial charge in [-0.1, -0.05) is 12.1 Å². The summed E-state index contributed by atoms with van der Waals surface area (Å²) in [7, 11) is 2.12. The van der Waals surface area contributed by atoms with E-state index in [9.17, 15) is 4.79 Å². The summed E-state index contributed by atoms with van der Waals surface area (Å²) in [6, 6.07) is 13.3. The van der Waals surface area contributed by atoms with Crippen molar-refractivity contribution in [2.45, 2.75) is 13.8 Å². The second kappa shape index (κ2) is 8.05. The lowest BCUT2D eigenvalue weighted by molar-refractivity contribution is 0.102. The molecule has 1 aliphatic rings. The maximum atomic E-state index is 13.0. The molecule has 29 heavy (non-hydrogen) atoms. The summed E-state index contributed by atoms with van der Waals surface area (Å²) in [6.45, 7) is 7.78. The number of rotatable bonds is 4. The van der Waals surface area contributed by atoms with E-state index in [4.69, 9.17) is 0 Å². The Kier molecular flexibility index (Phi) is 5.31. The third-order valence-electron chi connectivity index (χ3n) is 5.22. The molecule has 0 unspecified atom stereocenters. The van der Waals surface area contributed by atoms with Gasteiger partial charge in [-0.3, -0.25) is 4.79 Å². The Morgan fingerprint density at radius 1 is 1.03 bits per heavy atom. The number of aromatic nitrogens is 3. The number of pyridine rings is 1. The van der Waals surface area contributed by atoms with Crippen LogP contribution in [-0.2, 0) is 0 Å². The normalized spacial score (nSPS) is 14.8. The molecule has 1 aliphatic heterocycles. The number of para-hydroxylation sites is 2. The van der Waals surface area contributed by atoms with Crippen LogP contribution in [0.5, 0.6) is 0 Å². The topological polar surface area (TPSA) is 66.3 Å². The lowest BCUT2D eigenvalue weighted by Crippen LogP contribution is -2.44. The molecule has 0 radical (unpaired) electrons. The first kappa shape index (κ1) is 19.1. The van der Waals surface area contributed by atoms with Crippen LogP contribution in [0.4, 0.5) is 11.5 Å². The molecule has 0 saturated carbocycles. The number of likely N-dealkylation sites (N-methyl/N-ethyl adjacent to an activating group) is 1. The highest BCUT2D eigenvalue weighted by Crippen LogP contribution is 2.23. The van der Waals surface area contributed by atoms with Crippen molar-refractivity contribution in [3.63, 3.8) is 0 Å². The fourth-order valence-corrected chi connectivity index (χ4v) is 3.60. The first-order valence-electron chi connectivity index (χ1n) is 9.85. The summed E-state index contributed by atoms with van der Waals surface area (Å²) in [4.78, 5) is 22.0. The Bertz CT molecular complexity index is 1020. The van der Waals surface area contributed by atoms with Crippen LogP contribution in [-0.4, -0.2) is 58.8 Å². The van der Waals surface area contributed by atoms with Crippen molar-refractivity contribution in [2.75, 3.05) is 43.4 Å². The van der Waals surface area contributed by atoms with Crippen molar-refractivity contribution in [1.82, 2.24) is 19.7 Å². The molecule has 3 heterocycles. The van der Waals surface area contributed by atoms with Crippen LogP contribution in [0.3, 0.4) is 0 Å². The fourth-order valence-electron chi connectivity index (χ4n) is 3.60. The van der Waals surface area contributed by atoms with Gasteiger partial charge >= 0.3 is 0 Å². The molecular weight excluding hydrogens is 364 g/mol. The minimum atomic E-state index is -0.156. The van der Waals surface area contributed by atoms with E-state index < -0.39 is 0 Å². The van der Waals surface area contributed by atoms with Gasteiger partial charge < -0.3 is 15.1 Å². The number of amides is 1. The average Bonchev–Trinajstić information content (AvgIpc) is 3.07. The lowest BCUT2D eigenvalue weighted by atomic mass is 10.2. The molecular formula is C22H26N6O. The van der Waals surface area contributed by atoms with Crippen LogP contribution in [0.2, 0.25) is 0 Å². The van der Waals surface area contributed by atoms with Gasteiger partial charge in [-0.2, -0.15) is 5.10 Å². The molecule has 1 aromatic carbocycles. The highest BCUT2D eigenvalue weighted by molar-refractivity contribution is 6.05. The van der Waals surface area contributed by atoms with Gasteiger partial charge in [-0.15, -0.1) is 0 Å². The molecule has 2 aromatic heterocycles. The Labute approximate surface area is 171 Å². The monoisotopic (exact) mass is 390 g/mol. The average molecular weight is 390 g/mol. The predicted molar refractivity (Wildman–Crippen MR) is 115 cm³/mol. The number of benzene rings is 1. The first-order chi connectivity index (χ1) is 14.0. The van der Waals surface area contributed by atoms with Crippen LogP contribution in [0.1, 0.15) is 21.7 Å². The number of aryl methyl sites for hydroxylation is 2. The second-order valence-electron chi connectivity index (χ2n) is 7.50. The lowest BCUT2D eigenvalue weighted by Gasteiger charge is -2.33. The van der Waals surface area contributed by atoms with E-state index in [1.807, 2.05) is 54.9 Å². The summed E-state index contributed by atoms with van der Waals surface area (Å²) < 4.78 is 1.85. The Morgan fingerprint density at radius 3 is 2.52 bits per heavy atom. The fraction of sp³-hybridized carbons (Fsp3) is 0.318. The number of nitrogens with zero attached hydrogens (tertiary/aromatic N) is 5. The zero-order chi connectivity index (χ0) is 20.4. The first-order valence-corrected chi connectivity index (χ1v) is 9.85. The molecule has 7 nitrogen and oxygen atoms in total. The molecule has 0 aliphatic carbocycles. The van der Waals surface area contributed by atoms with Crippen LogP contribution in [0.25, 0.3) is 5.69 Å². The third-order valence-corrected chi connectivity index (χ3v) is 5.22. The van der Waals surface area contributed by atoms with E-state index in [0.717, 1.165) is 54.8 Å². The molecule has 7 heteroatoms. The van der Waals surface area contributed by atoms with E-state index in [0.29, 0.717) is 5.56 Å². The molecule has 0 bridgehead atoms. The van der Waals surface area contributed by atoms with E-state index in [1.165, 1.54) is 0 Å². The maximum Gasteiger partial charge on any atom is 0.255 e. The van der Waals surface area contributed by atoms with Crippen molar-refractivity contribution in [2.24, 2.45) is 0 Å². The van der Waals surface area contributed by atoms with Crippen molar-refractivity contribution in [1.29, 1.82) is 0 Å². The van der Waals surface area contributed by atoms with Gasteiger partial charge in [0, 0.05) is 43.6 Å². The number of piperazine rings is 1. The number of hydrogen-bond donors (Lipinski definition) is 1. The Balaban J connectivity index is 1.56. The smallest absolute Gasteiger partial charge is 0.255 e. The van der Waals surface area contributed by atoms with Crippen molar-refractivity contribution in [3.05, 3.63) is 65.6 Å². The van der Waals surface area contributed by atoms with Gasteiger partial charge in [-0.25, -0.2) is 9.67 Å². The van der Waals surface area contributed by atoms with Crippen LogP contribution >= 0.6 is 0 Å². The molecule has 1 N–H and O–H groups in total. The molecule has 0 spiro atoms. The SMILES string of the molecule is Cc1cc(C)n(-c2ccccc2NC(=O)c2ccnc(N3CCN(C)CC3)c2)n1. The number of anilines is 2. The molecule has 1 saturated heterocycles. The highest BCUT2D eigenvalue weighted by Gasteiger charge is 2.17. The molecule has 4 rings (SSSR count). The van der Waals surface area contributed by atoms with Crippen molar-refractivity contribution in [3.8, 4) is 5.69 Å². The second-order valence-corrected chi connectivity index (χ2v) is 7.50. The van der Waals surface area contributed by atoms with E-state index >= 15 is 0 Å². The van der Waals surface area contributed by atoms with Crippen LogP contribution in [0.15, 0.2) is 48.7 Å². The number of hydrogen-bond acceptors (Lipinski definition) is 5. The number of nitrogens with one attached hydrogen (secondary N) is 1. The maximum absolute atomic E-state index is 13.0. The van der Waals surface area contributed by atoms with E-state index in [1.54, 1.807) is 12.3 Å². The van der Waals surface area contributed by atoms with Gasteiger partial charge in [0.05, 0.1) is 17.1 Å². The summed E-state index contributed by atoms with van der Waals surface area (Å²) in [5.41, 5.74) is 4.12. The van der Waals surface area contributed by atoms with Gasteiger partial charge in [0.15, 0.2) is 0 Å². The zero-order valence-electron chi connectivity index (χ0n) is 17.1. The van der Waals surface area contributed by atoms with Gasteiger partial charge in [0.2, 0.25) is 0 Å². The molecule has 150 valence electrons. The molecule has 1 fully saturated rings. The Morgan fingerprint density at radius 2 is 1.79 bits per heavy atom. The van der Waals surface area contributed by atoms with Gasteiger partial charge in [0.1, 0.15) is 5.82 Å². The van der Waals surface area contributed by atoms with Gasteiger partial charge in [-0.05, 0) is 51.2 Å². The number of carbonyl (C=O) groups is 1. The minimum absolute atomic E-state index is 0.156. The molecule has 1 amide bonds. The van der Waals surface area contributed by atoms with Gasteiger partial charge in [0.25, 0.3) is 5.91 Å². The minimum Gasteiger partial charge on any atom is -0.354 e. The zero-order valence-corrected chi connectivity index (χ0v) is 17.1. The van der Waals surface area contributed by atoms with Crippen LogP contribution in [0, 0.1) is 13.8 Å². The third kappa shape index (κ3) is 4.14. The largest absolute Gasteiger partial charge is 0.354 e. The predicted octanol–water partition coefficient (Wildman–Crippen LogP) is 2.89. The molecule has 0 atom stereocenters. The van der Waals surface area contributed by atoms with E-state index in [-0.39, 0.29) is 5.91 Å². The standard InChI is InChI=1S/C22H26N6O/c1-16-14-17(2)28(25-16)20-7-5-4-6-19(20)24-22(29)18-8-9-23-21(15-18)27-12-10-26(3)11-13-27/h4-9,14-15H,10-13H2,1-3H3,(H,24,29). The van der Waals surface area contributed by atoms with E-state index in [2.05, 4.69) is 32.2 Å². The quantitative estimate of drug-likeness (QED) is 0.742. The summed E-state index contributed by atoms with van der Waals surface area (Å²) in [6.07, 6.45) is 1.70. The summed E-state index contributed by atoms with van der Waals surface area (Å²) in [5.74, 6) is 0.689. The van der Waals surface area contributed by atoms with Crippen LogP contribution < -0.4 is 10.2 Å². The van der Waals surface area contributed by atoms with Crippen molar-refractivity contribution < 1.29 is 4.79 Å². The highest BCUT2D eigenvalue weighted by atomic mass is 16.1. The molecule has 3 aromatic rings. The summed E-state index contributed by atoms with van der Waals surface area (Å²) >= 11 is 0. The Hall–Kier alpha value is -3.19. The van der Waals surface area contributed by atoms with Crippen molar-refractivity contribution >= 4 is 17.4 Å².